The summed E-state index contributed by atoms with van der Waals surface area (Å²) in [4.78, 5) is 0. The van der Waals surface area contributed by atoms with Crippen molar-refractivity contribution in [2.45, 2.75) is 19.4 Å². The third-order valence-electron chi connectivity index (χ3n) is 1.83. The minimum absolute atomic E-state index is 0.252. The molecule has 0 aromatic carbocycles. The molecule has 1 aliphatic rings. The van der Waals surface area contributed by atoms with Crippen molar-refractivity contribution in [3.63, 3.8) is 0 Å². The summed E-state index contributed by atoms with van der Waals surface area (Å²) >= 11 is 0.252. The van der Waals surface area contributed by atoms with Crippen LogP contribution < -0.4 is 26.8 Å². The Balaban J connectivity index is 2.26. The molecule has 0 amide bonds. The van der Waals surface area contributed by atoms with E-state index in [0.29, 0.717) is 12.5 Å². The van der Waals surface area contributed by atoms with Gasteiger partial charge in [-0.15, -0.1) is 0 Å². The summed E-state index contributed by atoms with van der Waals surface area (Å²) in [5.41, 5.74) is 0. The van der Waals surface area contributed by atoms with Crippen LogP contribution in [0.3, 0.4) is 0 Å². The van der Waals surface area contributed by atoms with Gasteiger partial charge >= 0.3 is 84.7 Å². The average molecular weight is 280 g/mol. The van der Waals surface area contributed by atoms with E-state index in [1.165, 1.54) is 11.0 Å². The summed E-state index contributed by atoms with van der Waals surface area (Å²) in [5, 5.41) is 11.9. The molecule has 0 saturated carbocycles. The van der Waals surface area contributed by atoms with Crippen molar-refractivity contribution in [2.24, 2.45) is 0 Å². The van der Waals surface area contributed by atoms with Gasteiger partial charge in [0.1, 0.15) is 0 Å². The zero-order valence-electron chi connectivity index (χ0n) is 7.39. The van der Waals surface area contributed by atoms with E-state index in [1.54, 1.807) is 0 Å². The van der Waals surface area contributed by atoms with Crippen molar-refractivity contribution in [1.82, 2.24) is 8.43 Å². The molecule has 0 aromatic heterocycles. The summed E-state index contributed by atoms with van der Waals surface area (Å²) in [6.07, 6.45) is 0.657. The van der Waals surface area contributed by atoms with E-state index in [2.05, 4.69) is 21.4 Å². The number of hydrogen-bond donors (Lipinski definition) is 1. The van der Waals surface area contributed by atoms with Gasteiger partial charge < -0.3 is 0 Å². The molecule has 1 fully saturated rings. The second-order valence-corrected chi connectivity index (χ2v) is 6.34. The Kier molecular flexibility index (Phi) is 4.88. The molecule has 1 rings (SSSR count). The molecule has 0 aliphatic carbocycles. The van der Waals surface area contributed by atoms with Crippen molar-refractivity contribution in [2.75, 3.05) is 24.1 Å². The van der Waals surface area contributed by atoms with Crippen LogP contribution >= 0.6 is 0 Å². The Hall–Kier alpha value is 0.140. The molecule has 3 nitrogen and oxygen atoms in total. The molecule has 0 radical (unpaired) electrons. The van der Waals surface area contributed by atoms with Crippen molar-refractivity contribution in [1.29, 1.82) is 5.26 Å². The average Bonchev–Trinajstić information content (AvgIpc) is 2.06. The van der Waals surface area contributed by atoms with Gasteiger partial charge in [-0.3, -0.25) is 0 Å². The van der Waals surface area contributed by atoms with Crippen LogP contribution in [0.25, 0.3) is 0 Å². The Labute approximate surface area is 84.7 Å². The van der Waals surface area contributed by atoms with Gasteiger partial charge in [0.15, 0.2) is 0 Å². The van der Waals surface area contributed by atoms with Crippen molar-refractivity contribution >= 4 is 0 Å². The van der Waals surface area contributed by atoms with Gasteiger partial charge in [0, 0.05) is 0 Å². The predicted molar refractivity (Wildman–Crippen MR) is 44.1 cm³/mol. The van der Waals surface area contributed by atoms with Crippen LogP contribution in [0.2, 0.25) is 0 Å². The molecule has 12 heavy (non-hydrogen) atoms. The van der Waals surface area contributed by atoms with E-state index in [-0.39, 0.29) is 21.5 Å². The van der Waals surface area contributed by atoms with Crippen LogP contribution in [0, 0.1) is 11.3 Å². The number of nitrogens with one attached hydrogen (secondary N) is 1. The standard InChI is InChI=1S/C8H15IN3/c1-2-9-12-6-5-11-8(7-12)3-4-10/h8,11H,2-3,5-7H2,1H3/q-1/t8-/m0/s1. The fraction of sp³-hybridized carbons (Fsp3) is 0.875. The Morgan fingerprint density at radius 3 is 3.25 bits per heavy atom. The first-order valence-corrected chi connectivity index (χ1v) is 6.80. The van der Waals surface area contributed by atoms with E-state index in [4.69, 9.17) is 5.26 Å². The quantitative estimate of drug-likeness (QED) is 0.345. The normalized spacial score (nSPS) is 25.5. The van der Waals surface area contributed by atoms with Gasteiger partial charge in [-0.05, 0) is 0 Å². The predicted octanol–water partition coefficient (Wildman–Crippen LogP) is -2.80. The maximum atomic E-state index is 8.54. The van der Waals surface area contributed by atoms with E-state index < -0.39 is 0 Å². The van der Waals surface area contributed by atoms with E-state index in [1.807, 2.05) is 0 Å². The Morgan fingerprint density at radius 2 is 2.58 bits per heavy atom. The van der Waals surface area contributed by atoms with Gasteiger partial charge in [0.05, 0.1) is 0 Å². The summed E-state index contributed by atoms with van der Waals surface area (Å²) in [5.74, 6) is 0. The molecular formula is C8H15IN3-. The number of piperazine rings is 1. The molecule has 1 N–H and O–H groups in total. The van der Waals surface area contributed by atoms with Crippen molar-refractivity contribution in [3.05, 3.63) is 0 Å². The van der Waals surface area contributed by atoms with Crippen LogP contribution in [-0.4, -0.2) is 33.2 Å². The van der Waals surface area contributed by atoms with Crippen molar-refractivity contribution in [3.8, 4) is 6.07 Å². The summed E-state index contributed by atoms with van der Waals surface area (Å²) in [6, 6.07) is 2.65. The second kappa shape index (κ2) is 5.73. The summed E-state index contributed by atoms with van der Waals surface area (Å²) in [7, 11) is 0. The third kappa shape index (κ3) is 3.25. The van der Waals surface area contributed by atoms with Crippen LogP contribution in [0.5, 0.6) is 0 Å². The number of rotatable bonds is 3. The van der Waals surface area contributed by atoms with Gasteiger partial charge in [-0.2, -0.15) is 0 Å². The van der Waals surface area contributed by atoms with E-state index >= 15 is 0 Å². The van der Waals surface area contributed by atoms with Gasteiger partial charge in [-0.25, -0.2) is 0 Å². The molecule has 0 spiro atoms. The topological polar surface area (TPSA) is 39.1 Å². The first kappa shape index (κ1) is 10.2. The molecule has 1 heterocycles. The number of hydrogen-bond acceptors (Lipinski definition) is 3. The van der Waals surface area contributed by atoms with Gasteiger partial charge in [-0.1, -0.05) is 0 Å². The zero-order chi connectivity index (χ0) is 8.81. The van der Waals surface area contributed by atoms with Crippen molar-refractivity contribution < 1.29 is 21.5 Å². The number of nitriles is 1. The second-order valence-electron chi connectivity index (χ2n) is 2.77. The first-order valence-electron chi connectivity index (χ1n) is 4.31. The molecule has 0 aromatic rings. The fourth-order valence-corrected chi connectivity index (χ4v) is 3.61. The van der Waals surface area contributed by atoms with Gasteiger partial charge in [0.25, 0.3) is 0 Å². The fourth-order valence-electron chi connectivity index (χ4n) is 1.31. The molecule has 1 saturated heterocycles. The number of nitrogens with zero attached hydrogens (tertiary/aromatic N) is 2. The molecule has 1 aliphatic heterocycles. The third-order valence-corrected chi connectivity index (χ3v) is 4.36. The maximum absolute atomic E-state index is 8.54. The first-order chi connectivity index (χ1) is 5.86. The molecular weight excluding hydrogens is 265 g/mol. The number of alkyl halides is 1. The number of halogens is 1. The molecule has 4 heteroatoms. The minimum atomic E-state index is 0.252. The summed E-state index contributed by atoms with van der Waals surface area (Å²) in [6.45, 7) is 5.58. The Morgan fingerprint density at radius 1 is 1.75 bits per heavy atom. The van der Waals surface area contributed by atoms with Crippen LogP contribution in [0.1, 0.15) is 13.3 Å². The molecule has 70 valence electrons. The Bertz CT molecular complexity index is 164. The molecule has 0 unspecified atom stereocenters. The van der Waals surface area contributed by atoms with Crippen LogP contribution in [0.4, 0.5) is 0 Å². The van der Waals surface area contributed by atoms with Gasteiger partial charge in [0.2, 0.25) is 0 Å². The zero-order valence-corrected chi connectivity index (χ0v) is 9.54. The summed E-state index contributed by atoms with van der Waals surface area (Å²) < 4.78 is 3.86. The molecule has 1 atom stereocenters. The molecule has 0 bridgehead atoms. The SMILES string of the molecule is CC[I-]N1CCN[C@@H](CC#N)C1. The van der Waals surface area contributed by atoms with Crippen LogP contribution in [0.15, 0.2) is 0 Å². The van der Waals surface area contributed by atoms with Crippen LogP contribution in [-0.2, 0) is 0 Å². The van der Waals surface area contributed by atoms with E-state index in [9.17, 15) is 0 Å². The monoisotopic (exact) mass is 280 g/mol. The van der Waals surface area contributed by atoms with E-state index in [0.717, 1.165) is 13.1 Å².